The lowest BCUT2D eigenvalue weighted by Gasteiger charge is -2.35. The lowest BCUT2D eigenvalue weighted by molar-refractivity contribution is 0.127. The van der Waals surface area contributed by atoms with Gasteiger partial charge in [-0.25, -0.2) is 4.98 Å². The Bertz CT molecular complexity index is 946. The number of anilines is 1. The highest BCUT2D eigenvalue weighted by atomic mass is 15.3. The Kier molecular flexibility index (Phi) is 8.15. The molecule has 0 bridgehead atoms. The average molecular weight is 464 g/mol. The van der Waals surface area contributed by atoms with E-state index < -0.39 is 0 Å². The number of aryl methyl sites for hydroxylation is 2. The second kappa shape index (κ2) is 11.1. The lowest BCUT2D eigenvalue weighted by atomic mass is 10.0. The first kappa shape index (κ1) is 25.0. The molecule has 0 radical (unpaired) electrons. The maximum absolute atomic E-state index is 4.86. The SMILES string of the molecule is CCc1nc2c(n1Cc1ccc(CCCN3CCN(CCC(C)C)CC3)cc1)NC(C)(C)C=C2. The van der Waals surface area contributed by atoms with E-state index in [4.69, 9.17) is 4.98 Å². The predicted octanol–water partition coefficient (Wildman–Crippen LogP) is 5.31. The minimum atomic E-state index is -0.0413. The summed E-state index contributed by atoms with van der Waals surface area (Å²) in [6.45, 7) is 19.5. The summed E-state index contributed by atoms with van der Waals surface area (Å²) in [6.07, 6.45) is 9.03. The van der Waals surface area contributed by atoms with Crippen LogP contribution in [0.2, 0.25) is 0 Å². The van der Waals surface area contributed by atoms with Crippen LogP contribution < -0.4 is 5.32 Å². The molecule has 186 valence electrons. The summed E-state index contributed by atoms with van der Waals surface area (Å²) in [5, 5.41) is 3.67. The van der Waals surface area contributed by atoms with E-state index in [1.54, 1.807) is 0 Å². The highest BCUT2D eigenvalue weighted by Crippen LogP contribution is 2.30. The molecule has 1 N–H and O–H groups in total. The van der Waals surface area contributed by atoms with Gasteiger partial charge in [0.15, 0.2) is 0 Å². The smallest absolute Gasteiger partial charge is 0.134 e. The zero-order valence-electron chi connectivity index (χ0n) is 22.1. The van der Waals surface area contributed by atoms with Gasteiger partial charge < -0.3 is 19.7 Å². The normalized spacial score (nSPS) is 18.3. The number of hydrogen-bond acceptors (Lipinski definition) is 4. The van der Waals surface area contributed by atoms with Gasteiger partial charge in [0.1, 0.15) is 17.3 Å². The number of piperazine rings is 1. The second-order valence-electron chi connectivity index (χ2n) is 11.2. The summed E-state index contributed by atoms with van der Waals surface area (Å²) in [5.74, 6) is 3.11. The standard InChI is InChI=1S/C29H45N5/c1-6-27-30-26-13-15-29(4,5)31-28(26)34(27)22-25-11-9-24(10-12-25)8-7-16-32-18-20-33(21-19-32)17-14-23(2)3/h9-13,15,23,31H,6-8,14,16-22H2,1-5H3. The maximum atomic E-state index is 4.86. The number of nitrogens with one attached hydrogen (secondary N) is 1. The Morgan fingerprint density at radius 1 is 0.971 bits per heavy atom. The number of fused-ring (bicyclic) bond motifs is 1. The van der Waals surface area contributed by atoms with E-state index in [-0.39, 0.29) is 5.54 Å². The summed E-state index contributed by atoms with van der Waals surface area (Å²) < 4.78 is 2.36. The predicted molar refractivity (Wildman–Crippen MR) is 145 cm³/mol. The number of nitrogens with zero attached hydrogens (tertiary/aromatic N) is 4. The third-order valence-electron chi connectivity index (χ3n) is 7.28. The highest BCUT2D eigenvalue weighted by Gasteiger charge is 2.25. The van der Waals surface area contributed by atoms with Gasteiger partial charge in [-0.2, -0.15) is 0 Å². The van der Waals surface area contributed by atoms with Crippen LogP contribution >= 0.6 is 0 Å². The first-order valence-electron chi connectivity index (χ1n) is 13.4. The van der Waals surface area contributed by atoms with E-state index in [0.29, 0.717) is 0 Å². The Morgan fingerprint density at radius 3 is 2.26 bits per heavy atom. The molecule has 3 heterocycles. The minimum Gasteiger partial charge on any atom is -0.361 e. The molecule has 4 rings (SSSR count). The summed E-state index contributed by atoms with van der Waals surface area (Å²) in [4.78, 5) is 10.2. The first-order chi connectivity index (χ1) is 16.3. The van der Waals surface area contributed by atoms with Crippen LogP contribution in [0.3, 0.4) is 0 Å². The monoisotopic (exact) mass is 463 g/mol. The van der Waals surface area contributed by atoms with Gasteiger partial charge in [-0.1, -0.05) is 51.1 Å². The van der Waals surface area contributed by atoms with Crippen molar-refractivity contribution in [3.8, 4) is 0 Å². The van der Waals surface area contributed by atoms with E-state index in [1.165, 1.54) is 63.2 Å². The van der Waals surface area contributed by atoms with Crippen molar-refractivity contribution in [1.82, 2.24) is 19.4 Å². The fourth-order valence-corrected chi connectivity index (χ4v) is 5.02. The molecule has 2 aliphatic rings. The van der Waals surface area contributed by atoms with Crippen molar-refractivity contribution in [1.29, 1.82) is 0 Å². The summed E-state index contributed by atoms with van der Waals surface area (Å²) in [5.41, 5.74) is 3.81. The number of hydrogen-bond donors (Lipinski definition) is 1. The first-order valence-corrected chi connectivity index (χ1v) is 13.4. The van der Waals surface area contributed by atoms with Gasteiger partial charge in [-0.3, -0.25) is 0 Å². The van der Waals surface area contributed by atoms with Crippen molar-refractivity contribution in [2.24, 2.45) is 5.92 Å². The molecule has 0 amide bonds. The second-order valence-corrected chi connectivity index (χ2v) is 11.2. The van der Waals surface area contributed by atoms with Gasteiger partial charge in [-0.05, 0) is 69.3 Å². The summed E-state index contributed by atoms with van der Waals surface area (Å²) >= 11 is 0. The van der Waals surface area contributed by atoms with E-state index in [9.17, 15) is 0 Å². The number of aromatic nitrogens is 2. The van der Waals surface area contributed by atoms with Crippen molar-refractivity contribution < 1.29 is 0 Å². The van der Waals surface area contributed by atoms with E-state index in [1.807, 2.05) is 0 Å². The van der Waals surface area contributed by atoms with Gasteiger partial charge in [0, 0.05) is 32.6 Å². The number of rotatable bonds is 10. The van der Waals surface area contributed by atoms with Crippen molar-refractivity contribution in [2.75, 3.05) is 44.6 Å². The van der Waals surface area contributed by atoms with Crippen LogP contribution in [0.4, 0.5) is 5.82 Å². The summed E-state index contributed by atoms with van der Waals surface area (Å²) in [6, 6.07) is 9.26. The number of imidazole rings is 1. The van der Waals surface area contributed by atoms with Crippen LogP contribution in [-0.4, -0.2) is 64.2 Å². The maximum Gasteiger partial charge on any atom is 0.134 e. The molecule has 0 spiro atoms. The molecule has 0 atom stereocenters. The van der Waals surface area contributed by atoms with E-state index >= 15 is 0 Å². The van der Waals surface area contributed by atoms with Crippen LogP contribution in [0.25, 0.3) is 6.08 Å². The van der Waals surface area contributed by atoms with Crippen LogP contribution in [-0.2, 0) is 19.4 Å². The largest absolute Gasteiger partial charge is 0.361 e. The molecular formula is C29H45N5. The Morgan fingerprint density at radius 2 is 1.62 bits per heavy atom. The number of benzene rings is 1. The van der Waals surface area contributed by atoms with Gasteiger partial charge in [-0.15, -0.1) is 0 Å². The molecule has 0 saturated carbocycles. The summed E-state index contributed by atoms with van der Waals surface area (Å²) in [7, 11) is 0. The third-order valence-corrected chi connectivity index (χ3v) is 7.28. The highest BCUT2D eigenvalue weighted by molar-refractivity contribution is 5.67. The van der Waals surface area contributed by atoms with Crippen LogP contribution in [0.5, 0.6) is 0 Å². The fourth-order valence-electron chi connectivity index (χ4n) is 5.02. The van der Waals surface area contributed by atoms with Crippen molar-refractivity contribution in [3.05, 3.63) is 53.0 Å². The Labute approximate surface area is 207 Å². The molecule has 2 aromatic rings. The van der Waals surface area contributed by atoms with E-state index in [2.05, 4.69) is 90.7 Å². The minimum absolute atomic E-state index is 0.0413. The van der Waals surface area contributed by atoms with Crippen LogP contribution in [0, 0.1) is 5.92 Å². The van der Waals surface area contributed by atoms with Gasteiger partial charge in [0.05, 0.1) is 12.1 Å². The Hall–Kier alpha value is -2.11. The molecule has 1 aromatic heterocycles. The lowest BCUT2D eigenvalue weighted by Crippen LogP contribution is -2.46. The molecule has 0 aliphatic carbocycles. The van der Waals surface area contributed by atoms with Gasteiger partial charge in [0.2, 0.25) is 0 Å². The molecule has 5 heteroatoms. The molecule has 2 aliphatic heterocycles. The fraction of sp³-hybridized carbons (Fsp3) is 0.621. The molecule has 5 nitrogen and oxygen atoms in total. The molecule has 1 fully saturated rings. The zero-order chi connectivity index (χ0) is 24.1. The van der Waals surface area contributed by atoms with Gasteiger partial charge in [0.25, 0.3) is 0 Å². The van der Waals surface area contributed by atoms with Gasteiger partial charge >= 0.3 is 0 Å². The average Bonchev–Trinajstić information content (AvgIpc) is 3.15. The van der Waals surface area contributed by atoms with E-state index in [0.717, 1.165) is 42.6 Å². The molecule has 34 heavy (non-hydrogen) atoms. The molecule has 1 saturated heterocycles. The quantitative estimate of drug-likeness (QED) is 0.518. The molecular weight excluding hydrogens is 418 g/mol. The molecule has 1 aromatic carbocycles. The Balaban J connectivity index is 1.26. The van der Waals surface area contributed by atoms with Crippen molar-refractivity contribution in [3.63, 3.8) is 0 Å². The van der Waals surface area contributed by atoms with Crippen molar-refractivity contribution in [2.45, 2.75) is 72.4 Å². The third kappa shape index (κ3) is 6.51. The zero-order valence-corrected chi connectivity index (χ0v) is 22.1. The topological polar surface area (TPSA) is 36.3 Å². The van der Waals surface area contributed by atoms with Crippen molar-refractivity contribution >= 4 is 11.9 Å². The van der Waals surface area contributed by atoms with Crippen LogP contribution in [0.15, 0.2) is 30.3 Å². The molecule has 0 unspecified atom stereocenters. The van der Waals surface area contributed by atoms with Crippen LogP contribution in [0.1, 0.15) is 70.1 Å².